The Bertz CT molecular complexity index is 452. The number of H-pyrrole nitrogens is 1. The summed E-state index contributed by atoms with van der Waals surface area (Å²) in [6, 6.07) is 7.53. The van der Waals surface area contributed by atoms with Gasteiger partial charge < -0.3 is 15.8 Å². The topological polar surface area (TPSA) is 62.0 Å². The molecule has 1 aromatic carbocycles. The Balaban J connectivity index is 2.56. The Morgan fingerprint density at radius 1 is 1.50 bits per heavy atom. The van der Waals surface area contributed by atoms with Crippen molar-refractivity contribution in [2.24, 2.45) is 5.73 Å². The number of aromatic nitrogens is 1. The molecule has 1 atom stereocenters. The molecule has 2 aromatic rings. The summed E-state index contributed by atoms with van der Waals surface area (Å²) in [6.45, 7) is -0.0511. The molecule has 0 amide bonds. The van der Waals surface area contributed by atoms with Crippen molar-refractivity contribution in [3.8, 4) is 0 Å². The molecule has 3 nitrogen and oxygen atoms in total. The molecule has 74 valence electrons. The first-order chi connectivity index (χ1) is 6.72. The lowest BCUT2D eigenvalue weighted by molar-refractivity contribution is 0.266. The third kappa shape index (κ3) is 1.56. The van der Waals surface area contributed by atoms with Crippen molar-refractivity contribution in [2.45, 2.75) is 6.04 Å². The Kier molecular flexibility index (Phi) is 2.58. The molecule has 1 unspecified atom stereocenters. The number of hydrogen-bond acceptors (Lipinski definition) is 2. The van der Waals surface area contributed by atoms with Crippen molar-refractivity contribution >= 4 is 26.8 Å². The van der Waals surface area contributed by atoms with Gasteiger partial charge in [-0.1, -0.05) is 22.0 Å². The van der Waals surface area contributed by atoms with Crippen molar-refractivity contribution in [1.29, 1.82) is 0 Å². The maximum atomic E-state index is 8.93. The van der Waals surface area contributed by atoms with Crippen LogP contribution in [0.2, 0.25) is 0 Å². The van der Waals surface area contributed by atoms with E-state index in [1.807, 2.05) is 24.3 Å². The molecular formula is C10H11BrN2O. The first-order valence-electron chi connectivity index (χ1n) is 4.36. The third-order valence-electron chi connectivity index (χ3n) is 2.23. The van der Waals surface area contributed by atoms with Gasteiger partial charge in [-0.3, -0.25) is 0 Å². The molecule has 0 spiro atoms. The minimum absolute atomic E-state index is 0.0511. The summed E-state index contributed by atoms with van der Waals surface area (Å²) >= 11 is 3.46. The van der Waals surface area contributed by atoms with E-state index >= 15 is 0 Å². The van der Waals surface area contributed by atoms with Gasteiger partial charge >= 0.3 is 0 Å². The number of halogens is 1. The van der Waals surface area contributed by atoms with Crippen LogP contribution in [-0.4, -0.2) is 16.7 Å². The first-order valence-corrected chi connectivity index (χ1v) is 5.15. The Morgan fingerprint density at radius 2 is 2.29 bits per heavy atom. The lowest BCUT2D eigenvalue weighted by Crippen LogP contribution is -2.14. The molecule has 0 fully saturated rings. The molecule has 2 rings (SSSR count). The SMILES string of the molecule is NC(CO)c1cc2c(Br)cccc2[nH]1. The summed E-state index contributed by atoms with van der Waals surface area (Å²) in [5.74, 6) is 0. The normalized spacial score (nSPS) is 13.4. The minimum atomic E-state index is -0.339. The van der Waals surface area contributed by atoms with Gasteiger partial charge in [-0.2, -0.15) is 0 Å². The van der Waals surface area contributed by atoms with E-state index in [2.05, 4.69) is 20.9 Å². The first kappa shape index (κ1) is 9.71. The zero-order chi connectivity index (χ0) is 10.1. The molecule has 0 aliphatic heterocycles. The number of rotatable bonds is 2. The molecule has 4 heteroatoms. The maximum Gasteiger partial charge on any atom is 0.0683 e. The van der Waals surface area contributed by atoms with Crippen LogP contribution in [0.25, 0.3) is 10.9 Å². The summed E-state index contributed by atoms with van der Waals surface area (Å²) in [5.41, 5.74) is 7.59. The summed E-state index contributed by atoms with van der Waals surface area (Å²) in [5, 5.41) is 10.0. The fourth-order valence-corrected chi connectivity index (χ4v) is 1.92. The van der Waals surface area contributed by atoms with Gasteiger partial charge in [0.1, 0.15) is 0 Å². The van der Waals surface area contributed by atoms with Gasteiger partial charge in [0.2, 0.25) is 0 Å². The smallest absolute Gasteiger partial charge is 0.0683 e. The number of nitrogens with one attached hydrogen (secondary N) is 1. The molecule has 0 aliphatic carbocycles. The van der Waals surface area contributed by atoms with E-state index < -0.39 is 0 Å². The van der Waals surface area contributed by atoms with Gasteiger partial charge in [-0.15, -0.1) is 0 Å². The molecule has 0 radical (unpaired) electrons. The standard InChI is InChI=1S/C10H11BrN2O/c11-7-2-1-3-9-6(7)4-10(13-9)8(12)5-14/h1-4,8,13-14H,5,12H2. The number of nitrogens with two attached hydrogens (primary N) is 1. The van der Waals surface area contributed by atoms with Gasteiger partial charge in [-0.25, -0.2) is 0 Å². The largest absolute Gasteiger partial charge is 0.394 e. The van der Waals surface area contributed by atoms with Crippen LogP contribution in [0.5, 0.6) is 0 Å². The van der Waals surface area contributed by atoms with Crippen molar-refractivity contribution in [3.63, 3.8) is 0 Å². The lowest BCUT2D eigenvalue weighted by Gasteiger charge is -2.03. The van der Waals surface area contributed by atoms with Crippen molar-refractivity contribution in [2.75, 3.05) is 6.61 Å². The quantitative estimate of drug-likeness (QED) is 0.767. The monoisotopic (exact) mass is 254 g/mol. The summed E-state index contributed by atoms with van der Waals surface area (Å²) in [4.78, 5) is 3.17. The molecule has 14 heavy (non-hydrogen) atoms. The van der Waals surface area contributed by atoms with Gasteiger partial charge in [0, 0.05) is 21.1 Å². The van der Waals surface area contributed by atoms with Crippen LogP contribution >= 0.6 is 15.9 Å². The fourth-order valence-electron chi connectivity index (χ4n) is 1.44. The van der Waals surface area contributed by atoms with Crippen LogP contribution < -0.4 is 5.73 Å². The van der Waals surface area contributed by atoms with Crippen molar-refractivity contribution in [3.05, 3.63) is 34.4 Å². The minimum Gasteiger partial charge on any atom is -0.394 e. The van der Waals surface area contributed by atoms with Gasteiger partial charge in [-0.05, 0) is 18.2 Å². The predicted molar refractivity (Wildman–Crippen MR) is 60.0 cm³/mol. The van der Waals surface area contributed by atoms with E-state index in [4.69, 9.17) is 10.8 Å². The summed E-state index contributed by atoms with van der Waals surface area (Å²) in [7, 11) is 0. The second kappa shape index (κ2) is 3.73. The fraction of sp³-hybridized carbons (Fsp3) is 0.200. The Morgan fingerprint density at radius 3 is 2.93 bits per heavy atom. The van der Waals surface area contributed by atoms with Crippen LogP contribution in [0.15, 0.2) is 28.7 Å². The second-order valence-electron chi connectivity index (χ2n) is 3.21. The van der Waals surface area contributed by atoms with E-state index in [0.29, 0.717) is 0 Å². The molecule has 1 aromatic heterocycles. The van der Waals surface area contributed by atoms with E-state index in [-0.39, 0.29) is 12.6 Å². The van der Waals surface area contributed by atoms with Gasteiger partial charge in [0.05, 0.1) is 12.6 Å². The lowest BCUT2D eigenvalue weighted by atomic mass is 10.2. The number of hydrogen-bond donors (Lipinski definition) is 3. The van der Waals surface area contributed by atoms with Gasteiger partial charge in [0.25, 0.3) is 0 Å². The Labute approximate surface area is 90.1 Å². The molecular weight excluding hydrogens is 244 g/mol. The second-order valence-corrected chi connectivity index (χ2v) is 4.07. The summed E-state index contributed by atoms with van der Waals surface area (Å²) < 4.78 is 1.03. The van der Waals surface area contributed by atoms with E-state index in [1.165, 1.54) is 0 Å². The number of aliphatic hydroxyl groups is 1. The molecule has 0 saturated carbocycles. The van der Waals surface area contributed by atoms with E-state index in [9.17, 15) is 0 Å². The highest BCUT2D eigenvalue weighted by molar-refractivity contribution is 9.10. The zero-order valence-corrected chi connectivity index (χ0v) is 9.08. The number of fused-ring (bicyclic) bond motifs is 1. The number of benzene rings is 1. The van der Waals surface area contributed by atoms with E-state index in [0.717, 1.165) is 21.1 Å². The molecule has 0 aliphatic rings. The highest BCUT2D eigenvalue weighted by atomic mass is 79.9. The molecule has 1 heterocycles. The Hall–Kier alpha value is -0.840. The third-order valence-corrected chi connectivity index (χ3v) is 2.92. The van der Waals surface area contributed by atoms with Crippen molar-refractivity contribution < 1.29 is 5.11 Å². The number of aliphatic hydroxyl groups excluding tert-OH is 1. The van der Waals surface area contributed by atoms with E-state index in [1.54, 1.807) is 0 Å². The number of aromatic amines is 1. The highest BCUT2D eigenvalue weighted by Gasteiger charge is 2.09. The van der Waals surface area contributed by atoms with Crippen molar-refractivity contribution in [1.82, 2.24) is 4.98 Å². The van der Waals surface area contributed by atoms with Crippen LogP contribution in [0.4, 0.5) is 0 Å². The average molecular weight is 255 g/mol. The highest BCUT2D eigenvalue weighted by Crippen LogP contribution is 2.25. The van der Waals surface area contributed by atoms with Crippen LogP contribution in [0.3, 0.4) is 0 Å². The van der Waals surface area contributed by atoms with Crippen LogP contribution in [0.1, 0.15) is 11.7 Å². The van der Waals surface area contributed by atoms with Crippen LogP contribution in [-0.2, 0) is 0 Å². The zero-order valence-electron chi connectivity index (χ0n) is 7.50. The van der Waals surface area contributed by atoms with Crippen LogP contribution in [0, 0.1) is 0 Å². The molecule has 0 bridgehead atoms. The molecule has 4 N–H and O–H groups in total. The van der Waals surface area contributed by atoms with Gasteiger partial charge in [0.15, 0.2) is 0 Å². The average Bonchev–Trinajstić information content (AvgIpc) is 2.62. The molecule has 0 saturated heterocycles. The summed E-state index contributed by atoms with van der Waals surface area (Å²) in [6.07, 6.45) is 0. The predicted octanol–water partition coefficient (Wildman–Crippen LogP) is 1.92. The maximum absolute atomic E-state index is 8.93.